The molecule has 1 rings (SSSR count). The van der Waals surface area contributed by atoms with E-state index < -0.39 is 29.8 Å². The van der Waals surface area contributed by atoms with Crippen molar-refractivity contribution in [1.29, 1.82) is 0 Å². The Morgan fingerprint density at radius 2 is 2.15 bits per heavy atom. The van der Waals surface area contributed by atoms with E-state index in [4.69, 9.17) is 5.73 Å². The highest BCUT2D eigenvalue weighted by molar-refractivity contribution is 5.95. The van der Waals surface area contributed by atoms with Crippen LogP contribution in [0.4, 0.5) is 14.5 Å². The molecule has 0 saturated carbocycles. The van der Waals surface area contributed by atoms with Gasteiger partial charge in [0.15, 0.2) is 0 Å². The molecule has 0 saturated heterocycles. The van der Waals surface area contributed by atoms with Crippen LogP contribution in [0.3, 0.4) is 0 Å². The molecule has 0 heterocycles. The second kappa shape index (κ2) is 6.38. The van der Waals surface area contributed by atoms with Gasteiger partial charge in [0.1, 0.15) is 0 Å². The first kappa shape index (κ1) is 16.0. The Labute approximate surface area is 114 Å². The van der Waals surface area contributed by atoms with E-state index in [1.54, 1.807) is 6.92 Å². The number of carbonyl (C=O) groups is 1. The zero-order valence-electron chi connectivity index (χ0n) is 10.9. The summed E-state index contributed by atoms with van der Waals surface area (Å²) in [5.74, 6) is -4.01. The average molecular weight is 287 g/mol. The number of carbonyl (C=O) groups excluding carboxylic acids is 1. The number of nitro benzene ring substituents is 1. The molecule has 0 aliphatic heterocycles. The van der Waals surface area contributed by atoms with Gasteiger partial charge in [-0.3, -0.25) is 14.9 Å². The monoisotopic (exact) mass is 287 g/mol. The molecule has 1 aromatic rings. The van der Waals surface area contributed by atoms with Crippen LogP contribution >= 0.6 is 0 Å². The summed E-state index contributed by atoms with van der Waals surface area (Å²) in [5, 5.41) is 12.9. The van der Waals surface area contributed by atoms with Crippen LogP contribution in [-0.4, -0.2) is 29.8 Å². The minimum Gasteiger partial charge on any atom is -0.346 e. The van der Waals surface area contributed by atoms with Crippen molar-refractivity contribution >= 4 is 11.6 Å². The van der Waals surface area contributed by atoms with Crippen molar-refractivity contribution < 1.29 is 18.5 Å². The second-order valence-corrected chi connectivity index (χ2v) is 4.20. The molecule has 20 heavy (non-hydrogen) atoms. The number of hydrogen-bond donors (Lipinski definition) is 2. The first-order chi connectivity index (χ1) is 9.30. The van der Waals surface area contributed by atoms with E-state index in [1.165, 1.54) is 12.1 Å². The van der Waals surface area contributed by atoms with Crippen LogP contribution in [0.2, 0.25) is 0 Å². The van der Waals surface area contributed by atoms with E-state index in [0.29, 0.717) is 12.0 Å². The molecule has 0 aromatic heterocycles. The Morgan fingerprint density at radius 1 is 1.50 bits per heavy atom. The van der Waals surface area contributed by atoms with Crippen molar-refractivity contribution in [3.8, 4) is 0 Å². The molecule has 1 aromatic carbocycles. The largest absolute Gasteiger partial charge is 0.346 e. The molecular weight excluding hydrogens is 272 g/mol. The van der Waals surface area contributed by atoms with E-state index in [9.17, 15) is 23.7 Å². The predicted octanol–water partition coefficient (Wildman–Crippen LogP) is 1.48. The first-order valence-electron chi connectivity index (χ1n) is 5.94. The number of rotatable bonds is 6. The Bertz CT molecular complexity index is 521. The maximum Gasteiger partial charge on any atom is 0.277 e. The highest BCUT2D eigenvalue weighted by Crippen LogP contribution is 2.21. The van der Waals surface area contributed by atoms with Crippen LogP contribution in [0.5, 0.6) is 0 Å². The molecule has 110 valence electrons. The lowest BCUT2D eigenvalue weighted by molar-refractivity contribution is -0.385. The minimum absolute atomic E-state index is 0.0401. The smallest absolute Gasteiger partial charge is 0.277 e. The van der Waals surface area contributed by atoms with Crippen LogP contribution in [0.1, 0.15) is 22.8 Å². The lowest BCUT2D eigenvalue weighted by Crippen LogP contribution is -2.41. The highest BCUT2D eigenvalue weighted by Gasteiger charge is 2.27. The number of nitrogens with zero attached hydrogens (tertiary/aromatic N) is 1. The molecule has 3 N–H and O–H groups in total. The third-order valence-electron chi connectivity index (χ3n) is 2.73. The topological polar surface area (TPSA) is 98.3 Å². The molecule has 0 fully saturated rings. The zero-order chi connectivity index (χ0) is 15.3. The summed E-state index contributed by atoms with van der Waals surface area (Å²) in [6.07, 6.45) is 0.434. The number of nitrogens with one attached hydrogen (secondary N) is 1. The van der Waals surface area contributed by atoms with Gasteiger partial charge in [-0.1, -0.05) is 13.0 Å². The number of hydrogen-bond acceptors (Lipinski definition) is 4. The molecule has 0 bridgehead atoms. The fraction of sp³-hybridized carbons (Fsp3) is 0.417. The quantitative estimate of drug-likeness (QED) is 0.611. The SMILES string of the molecule is CCc1ccc(C(=O)NCC(F)(F)CN)cc1[N+](=O)[O-]. The summed E-state index contributed by atoms with van der Waals surface area (Å²) in [5.41, 5.74) is 5.07. The number of halogens is 2. The highest BCUT2D eigenvalue weighted by atomic mass is 19.3. The second-order valence-electron chi connectivity index (χ2n) is 4.20. The molecule has 0 radical (unpaired) electrons. The van der Waals surface area contributed by atoms with Crippen LogP contribution in [0.15, 0.2) is 18.2 Å². The van der Waals surface area contributed by atoms with Gasteiger partial charge in [0.2, 0.25) is 0 Å². The summed E-state index contributed by atoms with van der Waals surface area (Å²) >= 11 is 0. The average Bonchev–Trinajstić information content (AvgIpc) is 2.44. The van der Waals surface area contributed by atoms with Gasteiger partial charge in [-0.2, -0.15) is 0 Å². The van der Waals surface area contributed by atoms with Gasteiger partial charge in [0.25, 0.3) is 17.5 Å². The third-order valence-corrected chi connectivity index (χ3v) is 2.73. The Balaban J connectivity index is 2.89. The molecular formula is C12H15F2N3O3. The van der Waals surface area contributed by atoms with Gasteiger partial charge < -0.3 is 11.1 Å². The summed E-state index contributed by atoms with van der Waals surface area (Å²) in [6.45, 7) is -0.0578. The van der Waals surface area contributed by atoms with Gasteiger partial charge >= 0.3 is 0 Å². The maximum absolute atomic E-state index is 12.9. The van der Waals surface area contributed by atoms with Gasteiger partial charge in [0, 0.05) is 17.2 Å². The predicted molar refractivity (Wildman–Crippen MR) is 68.8 cm³/mol. The minimum atomic E-state index is -3.20. The number of alkyl halides is 2. The Morgan fingerprint density at radius 3 is 2.65 bits per heavy atom. The molecule has 0 spiro atoms. The summed E-state index contributed by atoms with van der Waals surface area (Å²) in [6, 6.07) is 3.88. The lowest BCUT2D eigenvalue weighted by Gasteiger charge is -2.14. The molecule has 0 aliphatic carbocycles. The first-order valence-corrected chi connectivity index (χ1v) is 5.94. The molecule has 0 atom stereocenters. The van der Waals surface area contributed by atoms with Gasteiger partial charge in [-0.15, -0.1) is 0 Å². The van der Waals surface area contributed by atoms with Gasteiger partial charge in [-0.05, 0) is 12.5 Å². The van der Waals surface area contributed by atoms with Crippen molar-refractivity contribution in [2.75, 3.05) is 13.1 Å². The van der Waals surface area contributed by atoms with E-state index in [2.05, 4.69) is 0 Å². The normalized spacial score (nSPS) is 11.2. The number of nitro groups is 1. The number of amides is 1. The number of benzene rings is 1. The fourth-order valence-electron chi connectivity index (χ4n) is 1.56. The maximum atomic E-state index is 12.9. The van der Waals surface area contributed by atoms with E-state index >= 15 is 0 Å². The van der Waals surface area contributed by atoms with Crippen molar-refractivity contribution in [3.05, 3.63) is 39.4 Å². The van der Waals surface area contributed by atoms with Crippen molar-refractivity contribution in [2.45, 2.75) is 19.3 Å². The summed E-state index contributed by atoms with van der Waals surface area (Å²) in [4.78, 5) is 21.9. The zero-order valence-corrected chi connectivity index (χ0v) is 10.9. The van der Waals surface area contributed by atoms with E-state index in [-0.39, 0.29) is 11.3 Å². The van der Waals surface area contributed by atoms with Gasteiger partial charge in [-0.25, -0.2) is 8.78 Å². The van der Waals surface area contributed by atoms with Crippen LogP contribution in [0.25, 0.3) is 0 Å². The summed E-state index contributed by atoms with van der Waals surface area (Å²) in [7, 11) is 0. The third kappa shape index (κ3) is 3.95. The van der Waals surface area contributed by atoms with Crippen LogP contribution in [-0.2, 0) is 6.42 Å². The molecule has 0 aliphatic rings. The van der Waals surface area contributed by atoms with Crippen molar-refractivity contribution in [2.24, 2.45) is 5.73 Å². The molecule has 1 amide bonds. The van der Waals surface area contributed by atoms with Crippen molar-refractivity contribution in [3.63, 3.8) is 0 Å². The number of aryl methyl sites for hydroxylation is 1. The Kier molecular flexibility index (Phi) is 5.09. The van der Waals surface area contributed by atoms with Crippen LogP contribution in [0, 0.1) is 10.1 Å². The molecule has 8 heteroatoms. The van der Waals surface area contributed by atoms with Gasteiger partial charge in [0.05, 0.1) is 18.0 Å². The van der Waals surface area contributed by atoms with E-state index in [1.807, 2.05) is 5.32 Å². The number of nitrogens with two attached hydrogens (primary N) is 1. The molecule has 0 unspecified atom stereocenters. The Hall–Kier alpha value is -2.09. The summed E-state index contributed by atoms with van der Waals surface area (Å²) < 4.78 is 25.8. The lowest BCUT2D eigenvalue weighted by atomic mass is 10.1. The fourth-order valence-corrected chi connectivity index (χ4v) is 1.56. The van der Waals surface area contributed by atoms with Crippen molar-refractivity contribution in [1.82, 2.24) is 5.32 Å². The standard InChI is InChI=1S/C12H15F2N3O3/c1-2-8-3-4-9(5-10(8)17(19)20)11(18)16-7-12(13,14)6-15/h3-5H,2,6-7,15H2,1H3,(H,16,18). The molecule has 6 nitrogen and oxygen atoms in total. The van der Waals surface area contributed by atoms with Crippen LogP contribution < -0.4 is 11.1 Å². The van der Waals surface area contributed by atoms with E-state index in [0.717, 1.165) is 6.07 Å².